The molecule has 2 aromatic rings. The first-order valence-electron chi connectivity index (χ1n) is 8.36. The minimum Gasteiger partial charge on any atom is -0.368 e. The average molecular weight is 407 g/mol. The Labute approximate surface area is 163 Å². The van der Waals surface area contributed by atoms with E-state index in [1.807, 2.05) is 0 Å². The van der Waals surface area contributed by atoms with Crippen molar-refractivity contribution in [3.8, 4) is 0 Å². The molecule has 0 aliphatic rings. The number of carbonyl (C=O) groups is 2. The molecule has 0 spiro atoms. The number of halogens is 1. The van der Waals surface area contributed by atoms with Crippen molar-refractivity contribution in [2.24, 2.45) is 5.73 Å². The van der Waals surface area contributed by atoms with Gasteiger partial charge in [-0.05, 0) is 36.2 Å². The predicted octanol–water partition coefficient (Wildman–Crippen LogP) is 1.59. The van der Waals surface area contributed by atoms with Gasteiger partial charge in [0.05, 0.1) is 11.9 Å². The third-order valence-corrected chi connectivity index (χ3v) is 5.40. The minimum atomic E-state index is -3.78. The Kier molecular flexibility index (Phi) is 6.40. The lowest BCUT2D eigenvalue weighted by Crippen LogP contribution is -2.45. The molecule has 28 heavy (non-hydrogen) atoms. The molecule has 0 saturated heterocycles. The fourth-order valence-corrected chi connectivity index (χ4v) is 3.77. The lowest BCUT2D eigenvalue weighted by molar-refractivity contribution is -0.136. The molecular weight excluding hydrogens is 385 g/mol. The summed E-state index contributed by atoms with van der Waals surface area (Å²) in [6.45, 7) is 1.19. The van der Waals surface area contributed by atoms with E-state index in [0.717, 1.165) is 21.5 Å². The number of rotatable bonds is 7. The molecule has 0 aromatic heterocycles. The van der Waals surface area contributed by atoms with E-state index in [4.69, 9.17) is 5.73 Å². The Bertz CT molecular complexity index is 994. The summed E-state index contributed by atoms with van der Waals surface area (Å²) >= 11 is 0. The van der Waals surface area contributed by atoms with E-state index in [2.05, 4.69) is 0 Å². The second-order valence-electron chi connectivity index (χ2n) is 6.42. The number of nitrogens with zero attached hydrogens (tertiary/aromatic N) is 2. The Hall–Kier alpha value is -2.94. The Morgan fingerprint density at radius 2 is 1.79 bits per heavy atom. The van der Waals surface area contributed by atoms with Crippen LogP contribution in [0.15, 0.2) is 48.5 Å². The van der Waals surface area contributed by atoms with Crippen molar-refractivity contribution >= 4 is 27.5 Å². The maximum absolute atomic E-state index is 13.5. The number of benzene rings is 2. The van der Waals surface area contributed by atoms with Gasteiger partial charge in [-0.25, -0.2) is 12.8 Å². The van der Waals surface area contributed by atoms with Crippen LogP contribution in [0.4, 0.5) is 10.1 Å². The van der Waals surface area contributed by atoms with Crippen LogP contribution in [0.2, 0.25) is 0 Å². The third-order valence-electron chi connectivity index (χ3n) is 4.28. The molecule has 2 rings (SSSR count). The second-order valence-corrected chi connectivity index (χ2v) is 8.33. The van der Waals surface area contributed by atoms with Gasteiger partial charge in [-0.15, -0.1) is 0 Å². The number of likely N-dealkylation sites (N-methyl/N-ethyl adjacent to an activating group) is 1. The summed E-state index contributed by atoms with van der Waals surface area (Å²) in [7, 11) is -2.46. The molecule has 7 nitrogen and oxygen atoms in total. The average Bonchev–Trinajstić information content (AvgIpc) is 2.59. The second kappa shape index (κ2) is 8.39. The van der Waals surface area contributed by atoms with Gasteiger partial charge in [0, 0.05) is 7.05 Å². The SMILES string of the molecule is Cc1ccccc1N(CC(=O)N(C)C(C(N)=O)c1cccc(F)c1)S(C)(=O)=O. The Morgan fingerprint density at radius 1 is 1.14 bits per heavy atom. The summed E-state index contributed by atoms with van der Waals surface area (Å²) in [6, 6.07) is 10.7. The van der Waals surface area contributed by atoms with Gasteiger partial charge in [-0.3, -0.25) is 13.9 Å². The Balaban J connectivity index is 2.36. The van der Waals surface area contributed by atoms with Gasteiger partial charge in [0.2, 0.25) is 21.8 Å². The highest BCUT2D eigenvalue weighted by atomic mass is 32.2. The van der Waals surface area contributed by atoms with Crippen LogP contribution in [0.25, 0.3) is 0 Å². The van der Waals surface area contributed by atoms with E-state index in [1.165, 1.54) is 25.2 Å². The van der Waals surface area contributed by atoms with Crippen LogP contribution in [0, 0.1) is 12.7 Å². The fourth-order valence-electron chi connectivity index (χ4n) is 2.86. The number of amides is 2. The first-order valence-corrected chi connectivity index (χ1v) is 10.2. The number of nitrogens with two attached hydrogens (primary N) is 1. The first-order chi connectivity index (χ1) is 13.0. The van der Waals surface area contributed by atoms with Crippen LogP contribution in [-0.4, -0.2) is 45.0 Å². The van der Waals surface area contributed by atoms with Crippen LogP contribution < -0.4 is 10.0 Å². The lowest BCUT2D eigenvalue weighted by atomic mass is 10.0. The van der Waals surface area contributed by atoms with Crippen molar-refractivity contribution in [1.82, 2.24) is 4.90 Å². The van der Waals surface area contributed by atoms with Gasteiger partial charge < -0.3 is 10.6 Å². The third kappa shape index (κ3) is 4.86. The standard InChI is InChI=1S/C19H22FN3O4S/c1-13-7-4-5-10-16(13)23(28(3,26)27)12-17(24)22(2)18(19(21)25)14-8-6-9-15(20)11-14/h4-11,18H,12H2,1-3H3,(H2,21,25). The van der Waals surface area contributed by atoms with Crippen molar-refractivity contribution in [3.63, 3.8) is 0 Å². The summed E-state index contributed by atoms with van der Waals surface area (Å²) in [5, 5.41) is 0. The highest BCUT2D eigenvalue weighted by Crippen LogP contribution is 2.24. The van der Waals surface area contributed by atoms with Crippen molar-refractivity contribution in [1.29, 1.82) is 0 Å². The van der Waals surface area contributed by atoms with Gasteiger partial charge >= 0.3 is 0 Å². The van der Waals surface area contributed by atoms with E-state index < -0.39 is 40.2 Å². The molecule has 2 aromatic carbocycles. The van der Waals surface area contributed by atoms with Gasteiger partial charge in [0.1, 0.15) is 18.4 Å². The molecule has 0 bridgehead atoms. The smallest absolute Gasteiger partial charge is 0.244 e. The van der Waals surface area contributed by atoms with Gasteiger partial charge in [-0.2, -0.15) is 0 Å². The monoisotopic (exact) mass is 407 g/mol. The van der Waals surface area contributed by atoms with Crippen molar-refractivity contribution in [2.75, 3.05) is 24.2 Å². The number of anilines is 1. The quantitative estimate of drug-likeness (QED) is 0.753. The number of para-hydroxylation sites is 1. The summed E-state index contributed by atoms with van der Waals surface area (Å²) in [6.07, 6.45) is 0.991. The molecule has 1 atom stereocenters. The van der Waals surface area contributed by atoms with E-state index in [-0.39, 0.29) is 5.56 Å². The van der Waals surface area contributed by atoms with Gasteiger partial charge in [0.15, 0.2) is 0 Å². The van der Waals surface area contributed by atoms with Gasteiger partial charge in [-0.1, -0.05) is 30.3 Å². The predicted molar refractivity (Wildman–Crippen MR) is 104 cm³/mol. The number of hydrogen-bond acceptors (Lipinski definition) is 4. The maximum atomic E-state index is 13.5. The van der Waals surface area contributed by atoms with Crippen LogP contribution >= 0.6 is 0 Å². The highest BCUT2D eigenvalue weighted by Gasteiger charge is 2.30. The molecule has 2 N–H and O–H groups in total. The van der Waals surface area contributed by atoms with Crippen LogP contribution in [0.1, 0.15) is 17.2 Å². The lowest BCUT2D eigenvalue weighted by Gasteiger charge is -2.30. The molecule has 9 heteroatoms. The summed E-state index contributed by atoms with van der Waals surface area (Å²) in [5.74, 6) is -2.10. The number of carbonyl (C=O) groups excluding carboxylic acids is 2. The molecule has 1 unspecified atom stereocenters. The summed E-state index contributed by atoms with van der Waals surface area (Å²) in [4.78, 5) is 25.8. The largest absolute Gasteiger partial charge is 0.368 e. The summed E-state index contributed by atoms with van der Waals surface area (Å²) in [5.41, 5.74) is 6.64. The van der Waals surface area contributed by atoms with E-state index in [0.29, 0.717) is 11.3 Å². The molecule has 150 valence electrons. The number of hydrogen-bond donors (Lipinski definition) is 1. The molecule has 0 fully saturated rings. The zero-order valence-corrected chi connectivity index (χ0v) is 16.6. The fraction of sp³-hybridized carbons (Fsp3) is 0.263. The topological polar surface area (TPSA) is 101 Å². The number of aryl methyl sites for hydroxylation is 1. The van der Waals surface area contributed by atoms with E-state index in [1.54, 1.807) is 31.2 Å². The zero-order chi connectivity index (χ0) is 21.1. The van der Waals surface area contributed by atoms with Crippen LogP contribution in [0.3, 0.4) is 0 Å². The van der Waals surface area contributed by atoms with Crippen molar-refractivity contribution in [2.45, 2.75) is 13.0 Å². The molecule has 2 amide bonds. The minimum absolute atomic E-state index is 0.199. The number of sulfonamides is 1. The van der Waals surface area contributed by atoms with E-state index >= 15 is 0 Å². The molecule has 0 saturated carbocycles. The number of primary amides is 1. The van der Waals surface area contributed by atoms with Crippen LogP contribution in [-0.2, 0) is 19.6 Å². The van der Waals surface area contributed by atoms with E-state index in [9.17, 15) is 22.4 Å². The van der Waals surface area contributed by atoms with Crippen molar-refractivity contribution < 1.29 is 22.4 Å². The van der Waals surface area contributed by atoms with Gasteiger partial charge in [0.25, 0.3) is 0 Å². The zero-order valence-electron chi connectivity index (χ0n) is 15.8. The normalized spacial score (nSPS) is 12.3. The molecule has 0 aliphatic heterocycles. The molecule has 0 heterocycles. The summed E-state index contributed by atoms with van der Waals surface area (Å²) < 4.78 is 39.1. The van der Waals surface area contributed by atoms with Crippen molar-refractivity contribution in [3.05, 3.63) is 65.5 Å². The molecular formula is C19H22FN3O4S. The van der Waals surface area contributed by atoms with Crippen LogP contribution in [0.5, 0.6) is 0 Å². The molecule has 0 radical (unpaired) electrons. The maximum Gasteiger partial charge on any atom is 0.244 e. The first kappa shape index (κ1) is 21.4. The molecule has 0 aliphatic carbocycles. The highest BCUT2D eigenvalue weighted by molar-refractivity contribution is 7.92. The Morgan fingerprint density at radius 3 is 2.32 bits per heavy atom.